The van der Waals surface area contributed by atoms with Crippen LogP contribution >= 0.6 is 0 Å². The Balaban J connectivity index is 3.06. The van der Waals surface area contributed by atoms with Crippen molar-refractivity contribution in [1.82, 2.24) is 5.32 Å². The molecule has 108 valence electrons. The molecule has 1 aromatic carbocycles. The first-order chi connectivity index (χ1) is 9.19. The number of anilines is 1. The number of para-hydroxylation sites is 1. The van der Waals surface area contributed by atoms with E-state index < -0.39 is 0 Å². The molecule has 0 saturated carbocycles. The van der Waals surface area contributed by atoms with Crippen LogP contribution in [0, 0.1) is 0 Å². The van der Waals surface area contributed by atoms with Crippen LogP contribution < -0.4 is 10.2 Å². The molecule has 0 fully saturated rings. The molecule has 2 heteroatoms. The highest BCUT2D eigenvalue weighted by molar-refractivity contribution is 5.55. The largest absolute Gasteiger partial charge is 0.371 e. The lowest BCUT2D eigenvalue weighted by Crippen LogP contribution is -2.32. The molecule has 0 spiro atoms. The first-order valence-electron chi connectivity index (χ1n) is 7.74. The van der Waals surface area contributed by atoms with E-state index in [0.29, 0.717) is 12.1 Å². The van der Waals surface area contributed by atoms with Gasteiger partial charge in [-0.25, -0.2) is 0 Å². The summed E-state index contributed by atoms with van der Waals surface area (Å²) in [6, 6.07) is 9.91. The summed E-state index contributed by atoms with van der Waals surface area (Å²) < 4.78 is 0. The third-order valence-electron chi connectivity index (χ3n) is 4.04. The van der Waals surface area contributed by atoms with Crippen molar-refractivity contribution in [3.05, 3.63) is 29.8 Å². The molecule has 1 N–H and O–H groups in total. The summed E-state index contributed by atoms with van der Waals surface area (Å²) in [5.41, 5.74) is 2.81. The van der Waals surface area contributed by atoms with E-state index in [9.17, 15) is 0 Å². The van der Waals surface area contributed by atoms with Crippen molar-refractivity contribution >= 4 is 5.69 Å². The fraction of sp³-hybridized carbons (Fsp3) is 0.647. The van der Waals surface area contributed by atoms with Gasteiger partial charge in [-0.1, -0.05) is 45.9 Å². The molecule has 0 aliphatic carbocycles. The number of benzene rings is 1. The van der Waals surface area contributed by atoms with Crippen LogP contribution in [0.15, 0.2) is 24.3 Å². The van der Waals surface area contributed by atoms with E-state index in [0.717, 1.165) is 13.0 Å². The van der Waals surface area contributed by atoms with Crippen molar-refractivity contribution in [2.75, 3.05) is 18.5 Å². The van der Waals surface area contributed by atoms with E-state index in [2.05, 4.69) is 69.2 Å². The quantitative estimate of drug-likeness (QED) is 0.748. The summed E-state index contributed by atoms with van der Waals surface area (Å²) in [4.78, 5) is 2.45. The Bertz CT molecular complexity index is 358. The van der Waals surface area contributed by atoms with Crippen molar-refractivity contribution in [1.29, 1.82) is 0 Å². The fourth-order valence-electron chi connectivity index (χ4n) is 2.86. The zero-order valence-electron chi connectivity index (χ0n) is 13.2. The summed E-state index contributed by atoms with van der Waals surface area (Å²) in [5, 5.41) is 3.59. The minimum absolute atomic E-state index is 0.456. The van der Waals surface area contributed by atoms with Gasteiger partial charge in [-0.3, -0.25) is 0 Å². The van der Waals surface area contributed by atoms with Gasteiger partial charge in [-0.2, -0.15) is 0 Å². The van der Waals surface area contributed by atoms with Gasteiger partial charge in [0.2, 0.25) is 0 Å². The SMILES string of the molecule is CCNC(CC)c1ccccc1N(C)C(CC)CC. The van der Waals surface area contributed by atoms with Gasteiger partial charge < -0.3 is 10.2 Å². The maximum Gasteiger partial charge on any atom is 0.0414 e. The van der Waals surface area contributed by atoms with Gasteiger partial charge >= 0.3 is 0 Å². The van der Waals surface area contributed by atoms with E-state index >= 15 is 0 Å². The molecule has 1 rings (SSSR count). The summed E-state index contributed by atoms with van der Waals surface area (Å²) in [6.07, 6.45) is 3.51. The Hall–Kier alpha value is -1.02. The average molecular weight is 262 g/mol. The fourth-order valence-corrected chi connectivity index (χ4v) is 2.86. The Morgan fingerprint density at radius 1 is 1.00 bits per heavy atom. The Labute approximate surface area is 119 Å². The minimum atomic E-state index is 0.456. The van der Waals surface area contributed by atoms with Crippen LogP contribution in [0.4, 0.5) is 5.69 Å². The highest BCUT2D eigenvalue weighted by atomic mass is 15.1. The zero-order valence-corrected chi connectivity index (χ0v) is 13.2. The average Bonchev–Trinajstić information content (AvgIpc) is 2.46. The predicted molar refractivity (Wildman–Crippen MR) is 85.9 cm³/mol. The standard InChI is InChI=1S/C17H30N2/c1-6-14(7-2)19(5)17-13-11-10-12-15(17)16(8-3)18-9-4/h10-14,16,18H,6-9H2,1-5H3. The molecule has 0 aliphatic heterocycles. The lowest BCUT2D eigenvalue weighted by atomic mass is 10.00. The summed E-state index contributed by atoms with van der Waals surface area (Å²) in [5.74, 6) is 0. The molecule has 0 saturated heterocycles. The molecule has 0 bridgehead atoms. The molecule has 0 radical (unpaired) electrons. The molecule has 0 aliphatic rings. The first kappa shape index (κ1) is 16.0. The number of nitrogens with zero attached hydrogens (tertiary/aromatic N) is 1. The van der Waals surface area contributed by atoms with E-state index in [1.54, 1.807) is 0 Å². The van der Waals surface area contributed by atoms with E-state index in [4.69, 9.17) is 0 Å². The van der Waals surface area contributed by atoms with Crippen LogP contribution in [-0.2, 0) is 0 Å². The molecule has 1 aromatic rings. The third-order valence-corrected chi connectivity index (χ3v) is 4.04. The van der Waals surface area contributed by atoms with Crippen LogP contribution in [0.2, 0.25) is 0 Å². The van der Waals surface area contributed by atoms with Gasteiger partial charge in [0.15, 0.2) is 0 Å². The number of hydrogen-bond acceptors (Lipinski definition) is 2. The molecule has 0 heterocycles. The monoisotopic (exact) mass is 262 g/mol. The first-order valence-corrected chi connectivity index (χ1v) is 7.74. The molecular formula is C17H30N2. The second-order valence-electron chi connectivity index (χ2n) is 5.16. The Morgan fingerprint density at radius 3 is 2.16 bits per heavy atom. The molecule has 2 nitrogen and oxygen atoms in total. The van der Waals surface area contributed by atoms with Crippen LogP contribution in [-0.4, -0.2) is 19.6 Å². The number of rotatable bonds is 8. The molecule has 0 amide bonds. The van der Waals surface area contributed by atoms with E-state index in [1.807, 2.05) is 0 Å². The lowest BCUT2D eigenvalue weighted by molar-refractivity contribution is 0.530. The minimum Gasteiger partial charge on any atom is -0.371 e. The number of nitrogens with one attached hydrogen (secondary N) is 1. The van der Waals surface area contributed by atoms with Crippen LogP contribution in [0.5, 0.6) is 0 Å². The zero-order chi connectivity index (χ0) is 14.3. The molecular weight excluding hydrogens is 232 g/mol. The smallest absolute Gasteiger partial charge is 0.0414 e. The van der Waals surface area contributed by atoms with Crippen molar-refractivity contribution in [3.63, 3.8) is 0 Å². The van der Waals surface area contributed by atoms with Crippen molar-refractivity contribution < 1.29 is 0 Å². The highest BCUT2D eigenvalue weighted by Crippen LogP contribution is 2.29. The Kier molecular flexibility index (Phi) is 6.93. The van der Waals surface area contributed by atoms with Gasteiger partial charge in [0, 0.05) is 24.8 Å². The van der Waals surface area contributed by atoms with Gasteiger partial charge in [0.25, 0.3) is 0 Å². The topological polar surface area (TPSA) is 15.3 Å². The lowest BCUT2D eigenvalue weighted by Gasteiger charge is -2.32. The van der Waals surface area contributed by atoms with Crippen molar-refractivity contribution in [2.45, 2.75) is 59.0 Å². The third kappa shape index (κ3) is 3.97. The van der Waals surface area contributed by atoms with Gasteiger partial charge in [-0.05, 0) is 37.4 Å². The predicted octanol–water partition coefficient (Wildman–Crippen LogP) is 4.37. The van der Waals surface area contributed by atoms with Gasteiger partial charge in [0.05, 0.1) is 0 Å². The Morgan fingerprint density at radius 2 is 1.63 bits per heavy atom. The summed E-state index contributed by atoms with van der Waals surface area (Å²) in [7, 11) is 2.23. The van der Waals surface area contributed by atoms with Gasteiger partial charge in [-0.15, -0.1) is 0 Å². The maximum absolute atomic E-state index is 3.59. The summed E-state index contributed by atoms with van der Waals surface area (Å²) in [6.45, 7) is 9.99. The molecule has 1 atom stereocenters. The van der Waals surface area contributed by atoms with Gasteiger partial charge in [0.1, 0.15) is 0 Å². The highest BCUT2D eigenvalue weighted by Gasteiger charge is 2.18. The van der Waals surface area contributed by atoms with E-state index in [1.165, 1.54) is 24.1 Å². The molecule has 1 unspecified atom stereocenters. The second-order valence-corrected chi connectivity index (χ2v) is 5.16. The van der Waals surface area contributed by atoms with Crippen LogP contribution in [0.1, 0.15) is 58.6 Å². The van der Waals surface area contributed by atoms with E-state index in [-0.39, 0.29) is 0 Å². The molecule has 0 aromatic heterocycles. The second kappa shape index (κ2) is 8.21. The van der Waals surface area contributed by atoms with Crippen LogP contribution in [0.25, 0.3) is 0 Å². The van der Waals surface area contributed by atoms with Crippen molar-refractivity contribution in [2.24, 2.45) is 0 Å². The van der Waals surface area contributed by atoms with Crippen LogP contribution in [0.3, 0.4) is 0 Å². The molecule has 19 heavy (non-hydrogen) atoms. The normalized spacial score (nSPS) is 12.7. The summed E-state index contributed by atoms with van der Waals surface area (Å²) >= 11 is 0. The number of hydrogen-bond donors (Lipinski definition) is 1. The maximum atomic E-state index is 3.59. The van der Waals surface area contributed by atoms with Crippen molar-refractivity contribution in [3.8, 4) is 0 Å².